The molecule has 0 atom stereocenters. The van der Waals surface area contributed by atoms with Crippen molar-refractivity contribution in [3.05, 3.63) is 71.6 Å². The van der Waals surface area contributed by atoms with Crippen molar-refractivity contribution < 1.29 is 43.1 Å². The molecular formula is C44H60Cl2N8O9. The lowest BCUT2D eigenvalue weighted by Crippen LogP contribution is -2.38. The number of anilines is 2. The van der Waals surface area contributed by atoms with Crippen molar-refractivity contribution in [1.29, 1.82) is 0 Å². The van der Waals surface area contributed by atoms with E-state index in [-0.39, 0.29) is 42.3 Å². The standard InChI is InChI=1S/C22H28N4O4.C11H17N3O.C11H13NO4.2ClH/c1-28-18-10-21(23)25-11-16(18)15-5-7-26(8-6-15)22(27)17-9-19(29-2)20(12-24-17)30-13-14-3-4-14;1-15-10-6-11(12)14-7-9(10)8-2-4-13-5-3-8;1-15-9-4-8(11(13)14)12-5-10(9)16-6-7-2-3-7;;/h9-12,14-15H,3-8,13H2,1-2H3,(H2,23,25);6-8,13H,2-5H2,1H3,(H2,12,14);4-5,7H,2-3,6H2,1H3,(H,13,14);2*1H. The number of carboxylic acids is 1. The van der Waals surface area contributed by atoms with Crippen LogP contribution in [0.25, 0.3) is 0 Å². The SMILES string of the molecule is COc1cc(C(=O)N2CCC(c3cnc(N)cc3OC)CC2)ncc1OCC1CC1.COc1cc(C(=O)O)ncc1OCC1CC1.COc1cc(N)ncc1C1CCNCC1.Cl.Cl. The number of pyridine rings is 4. The van der Waals surface area contributed by atoms with Crippen molar-refractivity contribution in [3.63, 3.8) is 0 Å². The second-order valence-corrected chi connectivity index (χ2v) is 15.5. The third-order valence-corrected chi connectivity index (χ3v) is 11.2. The van der Waals surface area contributed by atoms with Crippen LogP contribution in [0, 0.1) is 11.8 Å². The maximum atomic E-state index is 13.0. The van der Waals surface area contributed by atoms with Crippen LogP contribution in [0.15, 0.2) is 49.1 Å². The molecule has 2 saturated heterocycles. The Kier molecular flexibility index (Phi) is 19.4. The zero-order valence-corrected chi connectivity index (χ0v) is 37.9. The van der Waals surface area contributed by atoms with Crippen LogP contribution in [-0.4, -0.2) is 110 Å². The van der Waals surface area contributed by atoms with Crippen molar-refractivity contribution >= 4 is 48.3 Å². The lowest BCUT2D eigenvalue weighted by molar-refractivity contribution is 0.0686. The number of carboxylic acid groups (broad SMARTS) is 1. The molecule has 8 rings (SSSR count). The quantitative estimate of drug-likeness (QED) is 0.107. The maximum Gasteiger partial charge on any atom is 0.354 e. The number of hydrogen-bond acceptors (Lipinski definition) is 15. The van der Waals surface area contributed by atoms with E-state index >= 15 is 0 Å². The largest absolute Gasteiger partial charge is 0.496 e. The van der Waals surface area contributed by atoms with E-state index in [1.165, 1.54) is 50.6 Å². The summed E-state index contributed by atoms with van der Waals surface area (Å²) in [5, 5.41) is 12.1. The van der Waals surface area contributed by atoms with E-state index in [4.69, 9.17) is 45.0 Å². The summed E-state index contributed by atoms with van der Waals surface area (Å²) in [5.74, 6) is 5.53. The number of methoxy groups -OCH3 is 4. The monoisotopic (exact) mass is 914 g/mol. The van der Waals surface area contributed by atoms with E-state index in [0.717, 1.165) is 55.8 Å². The number of nitrogens with two attached hydrogens (primary N) is 2. The van der Waals surface area contributed by atoms with Gasteiger partial charge in [0.25, 0.3) is 5.91 Å². The van der Waals surface area contributed by atoms with Crippen LogP contribution in [0.3, 0.4) is 0 Å². The lowest BCUT2D eigenvalue weighted by atomic mass is 9.89. The molecular weight excluding hydrogens is 855 g/mol. The average molecular weight is 916 g/mol. The predicted molar refractivity (Wildman–Crippen MR) is 243 cm³/mol. The summed E-state index contributed by atoms with van der Waals surface area (Å²) in [4.78, 5) is 42.0. The van der Waals surface area contributed by atoms with E-state index < -0.39 is 5.97 Å². The minimum atomic E-state index is -1.08. The fraction of sp³-hybridized carbons (Fsp3) is 0.500. The fourth-order valence-corrected chi connectivity index (χ4v) is 7.18. The van der Waals surface area contributed by atoms with Crippen LogP contribution in [0.2, 0.25) is 0 Å². The summed E-state index contributed by atoms with van der Waals surface area (Å²) in [7, 11) is 6.37. The normalized spacial score (nSPS) is 16.0. The Morgan fingerprint density at radius 2 is 1.03 bits per heavy atom. The first kappa shape index (κ1) is 50.1. The van der Waals surface area contributed by atoms with Crippen molar-refractivity contribution in [2.24, 2.45) is 11.8 Å². The first-order valence-electron chi connectivity index (χ1n) is 20.8. The van der Waals surface area contributed by atoms with Gasteiger partial charge < -0.3 is 55.2 Å². The molecule has 0 spiro atoms. The van der Waals surface area contributed by atoms with Crippen molar-refractivity contribution in [1.82, 2.24) is 30.2 Å². The molecule has 0 unspecified atom stereocenters. The number of likely N-dealkylation sites (tertiary alicyclic amines) is 1. The van der Waals surface area contributed by atoms with E-state index in [2.05, 4.69) is 25.3 Å². The van der Waals surface area contributed by atoms with Gasteiger partial charge in [0, 0.05) is 60.9 Å². The van der Waals surface area contributed by atoms with Gasteiger partial charge in [0.1, 0.15) is 28.8 Å². The van der Waals surface area contributed by atoms with Crippen molar-refractivity contribution in [3.8, 4) is 34.5 Å². The molecule has 0 bridgehead atoms. The summed E-state index contributed by atoms with van der Waals surface area (Å²) in [6, 6.07) is 6.58. The molecule has 4 fully saturated rings. The number of rotatable bonds is 14. The number of amides is 1. The molecule has 2 saturated carbocycles. The van der Waals surface area contributed by atoms with Crippen LogP contribution in [0.5, 0.6) is 34.5 Å². The molecule has 344 valence electrons. The first-order valence-corrected chi connectivity index (χ1v) is 20.8. The molecule has 6 heterocycles. The maximum absolute atomic E-state index is 13.0. The highest BCUT2D eigenvalue weighted by Gasteiger charge is 2.29. The lowest BCUT2D eigenvalue weighted by Gasteiger charge is -2.32. The molecule has 19 heteroatoms. The van der Waals surface area contributed by atoms with Gasteiger partial charge in [0.2, 0.25) is 0 Å². The van der Waals surface area contributed by atoms with Gasteiger partial charge in [-0.25, -0.2) is 24.7 Å². The Morgan fingerprint density at radius 3 is 1.46 bits per heavy atom. The fourth-order valence-electron chi connectivity index (χ4n) is 7.18. The second-order valence-electron chi connectivity index (χ2n) is 15.5. The van der Waals surface area contributed by atoms with Crippen molar-refractivity contribution in [2.45, 2.75) is 63.2 Å². The van der Waals surface area contributed by atoms with E-state index in [0.29, 0.717) is 84.4 Å². The van der Waals surface area contributed by atoms with Crippen molar-refractivity contribution in [2.75, 3.05) is 79.3 Å². The average Bonchev–Trinajstić information content (AvgIpc) is 4.25. The number of hydrogen-bond donors (Lipinski definition) is 4. The number of aromatic nitrogens is 4. The Balaban J connectivity index is 0.000000224. The zero-order chi connectivity index (χ0) is 43.3. The molecule has 2 aliphatic heterocycles. The summed E-state index contributed by atoms with van der Waals surface area (Å²) in [6.45, 7) is 4.73. The Hall–Kier alpha value is -5.52. The van der Waals surface area contributed by atoms with Gasteiger partial charge in [-0.1, -0.05) is 0 Å². The number of piperidine rings is 2. The summed E-state index contributed by atoms with van der Waals surface area (Å²) in [5.41, 5.74) is 13.9. The third kappa shape index (κ3) is 14.2. The highest BCUT2D eigenvalue weighted by molar-refractivity contribution is 5.93. The minimum absolute atomic E-state index is 0. The molecule has 4 aromatic heterocycles. The minimum Gasteiger partial charge on any atom is -0.496 e. The molecule has 0 aromatic carbocycles. The Labute approximate surface area is 380 Å². The highest BCUT2D eigenvalue weighted by Crippen LogP contribution is 2.37. The molecule has 6 N–H and O–H groups in total. The van der Waals surface area contributed by atoms with Gasteiger partial charge in [-0.15, -0.1) is 24.8 Å². The predicted octanol–water partition coefficient (Wildman–Crippen LogP) is 6.44. The second kappa shape index (κ2) is 24.4. The van der Waals surface area contributed by atoms with Crippen LogP contribution < -0.4 is 45.2 Å². The number of aromatic carboxylic acids is 1. The van der Waals surface area contributed by atoms with E-state index in [1.807, 2.05) is 11.1 Å². The topological polar surface area (TPSA) is 229 Å². The van der Waals surface area contributed by atoms with Crippen LogP contribution in [-0.2, 0) is 0 Å². The Morgan fingerprint density at radius 1 is 0.603 bits per heavy atom. The summed E-state index contributed by atoms with van der Waals surface area (Å²) >= 11 is 0. The first-order chi connectivity index (χ1) is 29.6. The van der Waals surface area contributed by atoms with Gasteiger partial charge in [-0.05, 0) is 88.1 Å². The highest BCUT2D eigenvalue weighted by atomic mass is 35.5. The van der Waals surface area contributed by atoms with Gasteiger partial charge >= 0.3 is 5.97 Å². The number of halogens is 2. The smallest absolute Gasteiger partial charge is 0.354 e. The van der Waals surface area contributed by atoms with Gasteiger partial charge in [0.15, 0.2) is 28.7 Å². The number of nitrogens with one attached hydrogen (secondary N) is 1. The van der Waals surface area contributed by atoms with Crippen LogP contribution in [0.4, 0.5) is 11.6 Å². The van der Waals surface area contributed by atoms with Crippen LogP contribution >= 0.6 is 24.8 Å². The summed E-state index contributed by atoms with van der Waals surface area (Å²) < 4.78 is 32.6. The Bertz CT molecular complexity index is 2100. The number of carbonyl (C=O) groups is 2. The van der Waals surface area contributed by atoms with Gasteiger partial charge in [-0.3, -0.25) is 4.79 Å². The number of nitrogens with zero attached hydrogens (tertiary/aromatic N) is 5. The van der Waals surface area contributed by atoms with E-state index in [1.54, 1.807) is 51.9 Å². The molecule has 1 amide bonds. The molecule has 4 aromatic rings. The molecule has 2 aliphatic carbocycles. The zero-order valence-electron chi connectivity index (χ0n) is 36.2. The third-order valence-electron chi connectivity index (χ3n) is 11.2. The van der Waals surface area contributed by atoms with Crippen LogP contribution in [0.1, 0.15) is 95.3 Å². The number of carbonyl (C=O) groups excluding carboxylic acids is 1. The molecule has 0 radical (unpaired) electrons. The van der Waals surface area contributed by atoms with Gasteiger partial charge in [-0.2, -0.15) is 0 Å². The van der Waals surface area contributed by atoms with E-state index in [9.17, 15) is 9.59 Å². The molecule has 17 nitrogen and oxygen atoms in total. The summed E-state index contributed by atoms with van der Waals surface area (Å²) in [6.07, 6.45) is 15.4. The molecule has 4 aliphatic rings. The van der Waals surface area contributed by atoms with Gasteiger partial charge in [0.05, 0.1) is 54.0 Å². The number of nitrogen functional groups attached to an aromatic ring is 2. The molecule has 63 heavy (non-hydrogen) atoms. The number of ether oxygens (including phenoxy) is 6.